The van der Waals surface area contributed by atoms with Gasteiger partial charge in [-0.1, -0.05) is 38.1 Å². The van der Waals surface area contributed by atoms with E-state index in [0.29, 0.717) is 5.69 Å². The van der Waals surface area contributed by atoms with Crippen LogP contribution in [0, 0.1) is 12.5 Å². The van der Waals surface area contributed by atoms with Crippen LogP contribution in [-0.2, 0) is 19.6 Å². The van der Waals surface area contributed by atoms with Crippen molar-refractivity contribution in [2.45, 2.75) is 24.8 Å². The molecule has 0 fully saturated rings. The molecule has 20 heavy (non-hydrogen) atoms. The van der Waals surface area contributed by atoms with E-state index in [9.17, 15) is 13.2 Å². The first-order chi connectivity index (χ1) is 9.31. The lowest BCUT2D eigenvalue weighted by molar-refractivity contribution is -0.143. The topological polar surface area (TPSA) is 76.8 Å². The van der Waals surface area contributed by atoms with Gasteiger partial charge in [-0.2, -0.15) is 4.72 Å². The number of hydrogen-bond acceptors (Lipinski definition) is 4. The first-order valence-electron chi connectivity index (χ1n) is 5.89. The minimum Gasteiger partial charge on any atom is -0.468 e. The molecule has 6 nitrogen and oxygen atoms in total. The number of rotatable bonds is 5. The van der Waals surface area contributed by atoms with E-state index in [1.54, 1.807) is 13.8 Å². The van der Waals surface area contributed by atoms with Gasteiger partial charge in [0, 0.05) is 0 Å². The normalized spacial score (nSPS) is 12.8. The Kier molecular flexibility index (Phi) is 5.25. The van der Waals surface area contributed by atoms with Gasteiger partial charge in [-0.05, 0) is 5.92 Å². The van der Waals surface area contributed by atoms with E-state index in [-0.39, 0.29) is 10.8 Å². The van der Waals surface area contributed by atoms with Gasteiger partial charge >= 0.3 is 5.97 Å². The van der Waals surface area contributed by atoms with Crippen molar-refractivity contribution in [1.29, 1.82) is 0 Å². The number of methoxy groups -OCH3 is 1. The Morgan fingerprint density at radius 2 is 1.85 bits per heavy atom. The van der Waals surface area contributed by atoms with Crippen molar-refractivity contribution in [2.75, 3.05) is 7.11 Å². The summed E-state index contributed by atoms with van der Waals surface area (Å²) in [5, 5.41) is 0. The summed E-state index contributed by atoms with van der Waals surface area (Å²) < 4.78 is 31.2. The van der Waals surface area contributed by atoms with E-state index in [0.717, 1.165) is 0 Å². The highest BCUT2D eigenvalue weighted by Gasteiger charge is 2.28. The first kappa shape index (κ1) is 16.1. The zero-order valence-corrected chi connectivity index (χ0v) is 12.3. The molecular weight excluding hydrogens is 280 g/mol. The summed E-state index contributed by atoms with van der Waals surface area (Å²) in [4.78, 5) is 14.8. The van der Waals surface area contributed by atoms with Crippen LogP contribution in [0.1, 0.15) is 13.8 Å². The molecule has 0 heterocycles. The largest absolute Gasteiger partial charge is 0.468 e. The van der Waals surface area contributed by atoms with Gasteiger partial charge in [0.2, 0.25) is 10.0 Å². The van der Waals surface area contributed by atoms with Crippen molar-refractivity contribution in [1.82, 2.24) is 4.72 Å². The molecule has 7 heteroatoms. The Balaban J connectivity index is 3.03. The molecular formula is C13H16N2O4S. The molecule has 0 aromatic heterocycles. The lowest BCUT2D eigenvalue weighted by Gasteiger charge is -2.19. The van der Waals surface area contributed by atoms with Crippen LogP contribution in [0.5, 0.6) is 0 Å². The number of carbonyl (C=O) groups is 1. The van der Waals surface area contributed by atoms with Crippen LogP contribution in [0.2, 0.25) is 0 Å². The maximum Gasteiger partial charge on any atom is 0.324 e. The lowest BCUT2D eigenvalue weighted by atomic mass is 10.1. The Bertz CT molecular complexity index is 615. The summed E-state index contributed by atoms with van der Waals surface area (Å²) >= 11 is 0. The van der Waals surface area contributed by atoms with Crippen molar-refractivity contribution >= 4 is 21.7 Å². The van der Waals surface area contributed by atoms with Crippen LogP contribution < -0.4 is 4.72 Å². The van der Waals surface area contributed by atoms with Crippen molar-refractivity contribution < 1.29 is 17.9 Å². The Labute approximate surface area is 118 Å². The molecule has 0 amide bonds. The number of ether oxygens (including phenoxy) is 1. The molecule has 1 unspecified atom stereocenters. The third kappa shape index (κ3) is 3.79. The maximum atomic E-state index is 12.2. The predicted octanol–water partition coefficient (Wildman–Crippen LogP) is 1.71. The lowest BCUT2D eigenvalue weighted by Crippen LogP contribution is -2.44. The molecule has 1 N–H and O–H groups in total. The van der Waals surface area contributed by atoms with Gasteiger partial charge in [0.05, 0.1) is 18.6 Å². The highest BCUT2D eigenvalue weighted by atomic mass is 32.2. The summed E-state index contributed by atoms with van der Waals surface area (Å²) in [6.07, 6.45) is 0. The summed E-state index contributed by atoms with van der Waals surface area (Å²) in [7, 11) is -2.63. The molecule has 1 rings (SSSR count). The average Bonchev–Trinajstić information content (AvgIpc) is 2.43. The molecule has 1 aromatic rings. The third-order valence-corrected chi connectivity index (χ3v) is 4.14. The summed E-state index contributed by atoms with van der Waals surface area (Å²) in [6.45, 7) is 10.2. The zero-order valence-electron chi connectivity index (χ0n) is 11.5. The van der Waals surface area contributed by atoms with Crippen LogP contribution in [0.3, 0.4) is 0 Å². The molecule has 1 atom stereocenters. The van der Waals surface area contributed by atoms with E-state index < -0.39 is 22.0 Å². The van der Waals surface area contributed by atoms with Gasteiger partial charge in [0.1, 0.15) is 6.04 Å². The second-order valence-corrected chi connectivity index (χ2v) is 6.19. The predicted molar refractivity (Wildman–Crippen MR) is 73.7 cm³/mol. The van der Waals surface area contributed by atoms with Gasteiger partial charge in [-0.3, -0.25) is 4.79 Å². The van der Waals surface area contributed by atoms with E-state index in [4.69, 9.17) is 6.57 Å². The van der Waals surface area contributed by atoms with Gasteiger partial charge in [-0.15, -0.1) is 0 Å². The minimum atomic E-state index is -3.84. The maximum absolute atomic E-state index is 12.2. The van der Waals surface area contributed by atoms with E-state index in [1.807, 2.05) is 0 Å². The summed E-state index contributed by atoms with van der Waals surface area (Å²) in [5.74, 6) is -0.888. The van der Waals surface area contributed by atoms with Gasteiger partial charge in [0.25, 0.3) is 0 Å². The Hall–Kier alpha value is -1.91. The monoisotopic (exact) mass is 296 g/mol. The summed E-state index contributed by atoms with van der Waals surface area (Å²) in [5.41, 5.74) is 0.345. The number of esters is 1. The van der Waals surface area contributed by atoms with Crippen molar-refractivity contribution in [3.05, 3.63) is 35.7 Å². The zero-order chi connectivity index (χ0) is 15.3. The van der Waals surface area contributed by atoms with Crippen molar-refractivity contribution in [3.8, 4) is 0 Å². The number of carbonyl (C=O) groups excluding carboxylic acids is 1. The van der Waals surface area contributed by atoms with Crippen LogP contribution >= 0.6 is 0 Å². The Morgan fingerprint density at radius 3 is 2.25 bits per heavy atom. The number of nitrogens with zero attached hydrogens (tertiary/aromatic N) is 1. The quantitative estimate of drug-likeness (QED) is 0.663. The first-order valence-corrected chi connectivity index (χ1v) is 7.38. The third-order valence-electron chi connectivity index (χ3n) is 2.68. The fourth-order valence-electron chi connectivity index (χ4n) is 1.52. The molecule has 0 spiro atoms. The molecule has 0 radical (unpaired) electrons. The van der Waals surface area contributed by atoms with Crippen molar-refractivity contribution in [2.24, 2.45) is 5.92 Å². The standard InChI is InChI=1S/C13H16N2O4S/c1-9(2)12(13(16)19-4)15-20(17,18)11-7-5-10(14-3)6-8-11/h5-9,12,15H,1-2,4H3. The molecule has 0 saturated heterocycles. The highest BCUT2D eigenvalue weighted by Crippen LogP contribution is 2.17. The smallest absolute Gasteiger partial charge is 0.324 e. The van der Waals surface area contributed by atoms with E-state index >= 15 is 0 Å². The molecule has 0 bridgehead atoms. The fourth-order valence-corrected chi connectivity index (χ4v) is 2.85. The molecule has 108 valence electrons. The second kappa shape index (κ2) is 6.50. The number of benzene rings is 1. The van der Waals surface area contributed by atoms with Crippen LogP contribution in [0.15, 0.2) is 29.2 Å². The molecule has 0 aliphatic heterocycles. The van der Waals surface area contributed by atoms with Gasteiger partial charge in [-0.25, -0.2) is 13.3 Å². The second-order valence-electron chi connectivity index (χ2n) is 4.47. The molecule has 1 aromatic carbocycles. The number of nitrogens with one attached hydrogen (secondary N) is 1. The van der Waals surface area contributed by atoms with E-state index in [1.165, 1.54) is 31.4 Å². The fraction of sp³-hybridized carbons (Fsp3) is 0.385. The number of hydrogen-bond donors (Lipinski definition) is 1. The molecule has 0 saturated carbocycles. The van der Waals surface area contributed by atoms with Crippen LogP contribution in [-0.4, -0.2) is 27.5 Å². The molecule has 0 aliphatic carbocycles. The van der Waals surface area contributed by atoms with Crippen molar-refractivity contribution in [3.63, 3.8) is 0 Å². The Morgan fingerprint density at radius 1 is 1.30 bits per heavy atom. The SMILES string of the molecule is [C-]#[N+]c1ccc(S(=O)(=O)NC(C(=O)OC)C(C)C)cc1. The summed E-state index contributed by atoms with van der Waals surface area (Å²) in [6, 6.07) is 4.51. The van der Waals surface area contributed by atoms with Gasteiger partial charge < -0.3 is 4.74 Å². The minimum absolute atomic E-state index is 0.000506. The van der Waals surface area contributed by atoms with Crippen LogP contribution in [0.25, 0.3) is 4.85 Å². The number of sulfonamides is 1. The molecule has 0 aliphatic rings. The van der Waals surface area contributed by atoms with Gasteiger partial charge in [0.15, 0.2) is 5.69 Å². The highest BCUT2D eigenvalue weighted by molar-refractivity contribution is 7.89. The van der Waals surface area contributed by atoms with Crippen LogP contribution in [0.4, 0.5) is 5.69 Å². The average molecular weight is 296 g/mol. The van der Waals surface area contributed by atoms with E-state index in [2.05, 4.69) is 14.3 Å².